The van der Waals surface area contributed by atoms with Crippen molar-refractivity contribution in [2.75, 3.05) is 0 Å². The Hall–Kier alpha value is -3.32. The first kappa shape index (κ1) is 25.3. The molecule has 194 valence electrons. The Balaban J connectivity index is 1.49. The van der Waals surface area contributed by atoms with E-state index in [-0.39, 0.29) is 17.5 Å². The van der Waals surface area contributed by atoms with E-state index in [2.05, 4.69) is 95.6 Å². The topological polar surface area (TPSA) is 79.7 Å². The number of fused-ring (bicyclic) bond motifs is 1. The molecule has 2 aromatic heterocycles. The lowest BCUT2D eigenvalue weighted by atomic mass is 9.97. The zero-order chi connectivity index (χ0) is 25.9. The number of aryl methyl sites for hydroxylation is 4. The highest BCUT2D eigenvalue weighted by Crippen LogP contribution is 2.36. The number of benzene rings is 2. The molecule has 0 unspecified atom stereocenters. The number of tetrazole rings is 1. The average molecular weight is 499 g/mol. The van der Waals surface area contributed by atoms with E-state index in [0.717, 1.165) is 48.1 Å². The molecule has 37 heavy (non-hydrogen) atoms. The van der Waals surface area contributed by atoms with Crippen LogP contribution in [0.5, 0.6) is 0 Å². The van der Waals surface area contributed by atoms with Crippen LogP contribution in [0.3, 0.4) is 0 Å². The van der Waals surface area contributed by atoms with E-state index >= 15 is 0 Å². The molecule has 2 heterocycles. The molecule has 5 rings (SSSR count). The van der Waals surface area contributed by atoms with Gasteiger partial charge in [-0.05, 0) is 89.7 Å². The van der Waals surface area contributed by atoms with Gasteiger partial charge in [-0.1, -0.05) is 57.0 Å². The van der Waals surface area contributed by atoms with E-state index in [9.17, 15) is 4.79 Å². The molecule has 1 aliphatic carbocycles. The third-order valence-corrected chi connectivity index (χ3v) is 7.95. The lowest BCUT2D eigenvalue weighted by Gasteiger charge is -2.38. The first-order valence-electron chi connectivity index (χ1n) is 13.6. The van der Waals surface area contributed by atoms with Crippen molar-refractivity contribution >= 4 is 10.9 Å². The first-order chi connectivity index (χ1) is 17.9. The Morgan fingerprint density at radius 3 is 2.51 bits per heavy atom. The SMILES string of the molecule is Cc1cc2cc(CN(C3CCCC3)[C@@H](c3nnnn3CCc3ccccc3)C(C)C)c(=O)[nH]c2cc1C. The molecule has 2 aromatic carbocycles. The standard InChI is InChI=1S/C30H38N6O/c1-20(2)28(29-32-33-34-36(29)15-14-23-10-6-5-7-11-23)35(26-12-8-9-13-26)19-25-18-24-16-21(3)22(4)17-27(24)31-30(25)37/h5-7,10-11,16-18,20,26,28H,8-9,12-15,19H2,1-4H3,(H,31,37)/t28-/m1/s1. The van der Waals surface area contributed by atoms with Crippen molar-refractivity contribution in [3.05, 3.63) is 87.0 Å². The van der Waals surface area contributed by atoms with Crippen molar-refractivity contribution in [3.63, 3.8) is 0 Å². The quantitative estimate of drug-likeness (QED) is 0.329. The minimum atomic E-state index is -0.00933. The molecule has 7 heteroatoms. The maximum Gasteiger partial charge on any atom is 0.252 e. The molecular weight excluding hydrogens is 460 g/mol. The minimum Gasteiger partial charge on any atom is -0.322 e. The molecule has 7 nitrogen and oxygen atoms in total. The highest BCUT2D eigenvalue weighted by atomic mass is 16.1. The summed E-state index contributed by atoms with van der Waals surface area (Å²) in [5.74, 6) is 1.17. The summed E-state index contributed by atoms with van der Waals surface area (Å²) < 4.78 is 1.97. The van der Waals surface area contributed by atoms with E-state index in [1.807, 2.05) is 10.7 Å². The summed E-state index contributed by atoms with van der Waals surface area (Å²) >= 11 is 0. The monoisotopic (exact) mass is 498 g/mol. The summed E-state index contributed by atoms with van der Waals surface area (Å²) in [5, 5.41) is 14.1. The minimum absolute atomic E-state index is 0.00933. The molecule has 0 radical (unpaired) electrons. The summed E-state index contributed by atoms with van der Waals surface area (Å²) in [7, 11) is 0. The van der Waals surface area contributed by atoms with Gasteiger partial charge in [0.25, 0.3) is 5.56 Å². The van der Waals surface area contributed by atoms with Crippen LogP contribution in [0.2, 0.25) is 0 Å². The number of nitrogens with zero attached hydrogens (tertiary/aromatic N) is 5. The van der Waals surface area contributed by atoms with Crippen molar-refractivity contribution in [3.8, 4) is 0 Å². The number of rotatable bonds is 9. The number of pyridine rings is 1. The molecule has 0 aliphatic heterocycles. The number of nitrogens with one attached hydrogen (secondary N) is 1. The highest BCUT2D eigenvalue weighted by Gasteiger charge is 2.35. The fourth-order valence-electron chi connectivity index (χ4n) is 5.82. The molecule has 1 aliphatic rings. The van der Waals surface area contributed by atoms with Gasteiger partial charge in [-0.15, -0.1) is 5.10 Å². The average Bonchev–Trinajstić information content (AvgIpc) is 3.57. The second-order valence-corrected chi connectivity index (χ2v) is 10.9. The third kappa shape index (κ3) is 5.52. The van der Waals surface area contributed by atoms with E-state index in [0.29, 0.717) is 12.6 Å². The molecule has 0 bridgehead atoms. The zero-order valence-electron chi connectivity index (χ0n) is 22.4. The smallest absolute Gasteiger partial charge is 0.252 e. The molecule has 0 saturated heterocycles. The lowest BCUT2D eigenvalue weighted by molar-refractivity contribution is 0.0840. The molecule has 4 aromatic rings. The maximum atomic E-state index is 13.3. The second-order valence-electron chi connectivity index (χ2n) is 10.9. The predicted octanol–water partition coefficient (Wildman–Crippen LogP) is 5.52. The van der Waals surface area contributed by atoms with Gasteiger partial charge in [0.15, 0.2) is 5.82 Å². The van der Waals surface area contributed by atoms with Gasteiger partial charge in [0.2, 0.25) is 0 Å². The van der Waals surface area contributed by atoms with Crippen LogP contribution in [-0.2, 0) is 19.5 Å². The van der Waals surface area contributed by atoms with Gasteiger partial charge in [-0.2, -0.15) is 0 Å². The van der Waals surface area contributed by atoms with Crippen LogP contribution in [0.1, 0.15) is 73.7 Å². The molecule has 1 atom stereocenters. The third-order valence-electron chi connectivity index (χ3n) is 7.95. The van der Waals surface area contributed by atoms with Gasteiger partial charge in [0.1, 0.15) is 0 Å². The second kappa shape index (κ2) is 11.0. The van der Waals surface area contributed by atoms with Gasteiger partial charge in [-0.25, -0.2) is 4.68 Å². The van der Waals surface area contributed by atoms with Crippen LogP contribution >= 0.6 is 0 Å². The fourth-order valence-corrected chi connectivity index (χ4v) is 5.82. The molecule has 1 saturated carbocycles. The summed E-state index contributed by atoms with van der Waals surface area (Å²) in [4.78, 5) is 18.9. The van der Waals surface area contributed by atoms with Crippen LogP contribution in [0, 0.1) is 19.8 Å². The fraction of sp³-hybridized carbons (Fsp3) is 0.467. The van der Waals surface area contributed by atoms with Crippen LogP contribution < -0.4 is 5.56 Å². The molecular formula is C30H38N6O. The molecule has 1 fully saturated rings. The number of hydrogen-bond donors (Lipinski definition) is 1. The van der Waals surface area contributed by atoms with Crippen LogP contribution in [0.4, 0.5) is 0 Å². The van der Waals surface area contributed by atoms with Crippen LogP contribution in [-0.4, -0.2) is 36.1 Å². The molecule has 0 amide bonds. The largest absolute Gasteiger partial charge is 0.322 e. The molecule has 0 spiro atoms. The number of aromatic amines is 1. The van der Waals surface area contributed by atoms with Crippen molar-refractivity contribution in [2.45, 2.75) is 85.0 Å². The lowest BCUT2D eigenvalue weighted by Crippen LogP contribution is -2.41. The number of aromatic nitrogens is 5. The van der Waals surface area contributed by atoms with Gasteiger partial charge in [-0.3, -0.25) is 9.69 Å². The summed E-state index contributed by atoms with van der Waals surface area (Å²) in [6, 6.07) is 17.2. The van der Waals surface area contributed by atoms with Crippen molar-refractivity contribution in [1.82, 2.24) is 30.1 Å². The summed E-state index contributed by atoms with van der Waals surface area (Å²) in [6.45, 7) is 9.98. The maximum absolute atomic E-state index is 13.3. The highest BCUT2D eigenvalue weighted by molar-refractivity contribution is 5.80. The normalized spacial score (nSPS) is 15.3. The Labute approximate surface area is 218 Å². The van der Waals surface area contributed by atoms with Crippen molar-refractivity contribution in [1.29, 1.82) is 0 Å². The number of H-pyrrole nitrogens is 1. The Kier molecular flexibility index (Phi) is 7.51. The van der Waals surface area contributed by atoms with E-state index in [1.165, 1.54) is 29.5 Å². The Morgan fingerprint density at radius 1 is 1.05 bits per heavy atom. The van der Waals surface area contributed by atoms with Gasteiger partial charge < -0.3 is 4.98 Å². The van der Waals surface area contributed by atoms with Gasteiger partial charge in [0, 0.05) is 30.2 Å². The Morgan fingerprint density at radius 2 is 1.78 bits per heavy atom. The van der Waals surface area contributed by atoms with Crippen molar-refractivity contribution in [2.24, 2.45) is 5.92 Å². The predicted molar refractivity (Wildman–Crippen MR) is 147 cm³/mol. The van der Waals surface area contributed by atoms with E-state index in [4.69, 9.17) is 0 Å². The van der Waals surface area contributed by atoms with Crippen LogP contribution in [0.25, 0.3) is 10.9 Å². The number of hydrogen-bond acceptors (Lipinski definition) is 5. The van der Waals surface area contributed by atoms with E-state index in [1.54, 1.807) is 0 Å². The van der Waals surface area contributed by atoms with Crippen molar-refractivity contribution < 1.29 is 0 Å². The zero-order valence-corrected chi connectivity index (χ0v) is 22.4. The van der Waals surface area contributed by atoms with Gasteiger partial charge in [0.05, 0.1) is 6.04 Å². The summed E-state index contributed by atoms with van der Waals surface area (Å²) in [6.07, 6.45) is 5.59. The van der Waals surface area contributed by atoms with Gasteiger partial charge >= 0.3 is 0 Å². The van der Waals surface area contributed by atoms with Crippen LogP contribution in [0.15, 0.2) is 53.3 Å². The summed E-state index contributed by atoms with van der Waals surface area (Å²) in [5.41, 5.74) is 5.38. The van der Waals surface area contributed by atoms with E-state index < -0.39 is 0 Å². The first-order valence-corrected chi connectivity index (χ1v) is 13.6. The Bertz CT molecular complexity index is 1400. The molecule has 1 N–H and O–H groups in total.